The van der Waals surface area contributed by atoms with Crippen molar-refractivity contribution in [3.05, 3.63) is 105 Å². The lowest BCUT2D eigenvalue weighted by molar-refractivity contribution is 0.563. The molecule has 0 amide bonds. The normalized spacial score (nSPS) is 11.7. The largest absolute Gasteiger partial charge is 0.422 e. The van der Waals surface area contributed by atoms with Crippen molar-refractivity contribution in [2.75, 3.05) is 0 Å². The molecule has 35 heavy (non-hydrogen) atoms. The summed E-state index contributed by atoms with van der Waals surface area (Å²) in [5.41, 5.74) is 3.85. The molecule has 0 fully saturated rings. The number of hydrogen-bond acceptors (Lipinski definition) is 6. The predicted octanol–water partition coefficient (Wildman–Crippen LogP) is 6.52. The number of allylic oxidation sites excluding steroid dienone is 1. The minimum atomic E-state index is -0.465. The van der Waals surface area contributed by atoms with Crippen LogP contribution < -0.4 is 5.63 Å². The maximum absolute atomic E-state index is 12.8. The molecule has 3 aromatic carbocycles. The van der Waals surface area contributed by atoms with Crippen molar-refractivity contribution in [3.63, 3.8) is 0 Å². The highest BCUT2D eigenvalue weighted by atomic mass is 32.1. The summed E-state index contributed by atoms with van der Waals surface area (Å²) in [6.45, 7) is 0. The first-order chi connectivity index (χ1) is 17.2. The molecule has 0 saturated carbocycles. The van der Waals surface area contributed by atoms with E-state index in [0.29, 0.717) is 27.4 Å². The fourth-order valence-corrected chi connectivity index (χ4v) is 4.90. The molecule has 0 bridgehead atoms. The molecule has 0 atom stereocenters. The van der Waals surface area contributed by atoms with Gasteiger partial charge in [0.15, 0.2) is 0 Å². The summed E-state index contributed by atoms with van der Waals surface area (Å²) < 4.78 is 5.62. The van der Waals surface area contributed by atoms with Crippen molar-refractivity contribution in [1.82, 2.24) is 15.2 Å². The van der Waals surface area contributed by atoms with E-state index in [1.165, 1.54) is 11.3 Å². The molecule has 0 aliphatic carbocycles. The first kappa shape index (κ1) is 20.8. The van der Waals surface area contributed by atoms with Gasteiger partial charge in [-0.15, -0.1) is 11.3 Å². The van der Waals surface area contributed by atoms with Gasteiger partial charge in [0.25, 0.3) is 0 Å². The molecule has 6 nitrogen and oxygen atoms in total. The lowest BCUT2D eigenvalue weighted by Gasteiger charge is -2.04. The van der Waals surface area contributed by atoms with Crippen LogP contribution in [0, 0.1) is 11.3 Å². The van der Waals surface area contributed by atoms with Gasteiger partial charge < -0.3 is 4.42 Å². The molecule has 0 spiro atoms. The van der Waals surface area contributed by atoms with Gasteiger partial charge in [0.1, 0.15) is 16.7 Å². The first-order valence-corrected chi connectivity index (χ1v) is 11.7. The second kappa shape index (κ2) is 8.52. The third-order valence-electron chi connectivity index (χ3n) is 5.80. The van der Waals surface area contributed by atoms with Crippen LogP contribution >= 0.6 is 11.3 Å². The molecule has 0 unspecified atom stereocenters. The molecule has 3 aromatic heterocycles. The zero-order valence-corrected chi connectivity index (χ0v) is 19.0. The van der Waals surface area contributed by atoms with Gasteiger partial charge in [-0.2, -0.15) is 10.4 Å². The van der Waals surface area contributed by atoms with Crippen molar-refractivity contribution in [2.24, 2.45) is 0 Å². The molecule has 166 valence electrons. The van der Waals surface area contributed by atoms with E-state index in [0.717, 1.165) is 33.0 Å². The standard InChI is InChI=1S/C28H16N4O2S/c29-14-19(12-20-15-30-32-26(20)18-7-2-1-3-8-18)27-31-24(16-35-27)23-13-22-21-9-5-4-6-17(21)10-11-25(22)34-28(23)33/h1-13,15-16H,(H,30,32)/b19-12+. The van der Waals surface area contributed by atoms with Crippen molar-refractivity contribution in [1.29, 1.82) is 5.26 Å². The maximum Gasteiger partial charge on any atom is 0.345 e. The SMILES string of the molecule is N#C/C(=C\c1cn[nH]c1-c1ccccc1)c1nc(-c2cc3c(ccc4ccccc43)oc2=O)cs1. The number of H-pyrrole nitrogens is 1. The van der Waals surface area contributed by atoms with E-state index in [9.17, 15) is 10.1 Å². The summed E-state index contributed by atoms with van der Waals surface area (Å²) in [5.74, 6) is 0. The van der Waals surface area contributed by atoms with Crippen molar-refractivity contribution in [3.8, 4) is 28.6 Å². The monoisotopic (exact) mass is 472 g/mol. The summed E-state index contributed by atoms with van der Waals surface area (Å²) >= 11 is 1.31. The van der Waals surface area contributed by atoms with Gasteiger partial charge in [-0.1, -0.05) is 60.7 Å². The number of nitrogens with zero attached hydrogens (tertiary/aromatic N) is 3. The van der Waals surface area contributed by atoms with Crippen LogP contribution in [0.2, 0.25) is 0 Å². The number of thiazole rings is 1. The quantitative estimate of drug-likeness (QED) is 0.179. The molecular formula is C28H16N4O2S. The number of hydrogen-bond donors (Lipinski definition) is 1. The van der Waals surface area contributed by atoms with Crippen LogP contribution in [0.3, 0.4) is 0 Å². The third-order valence-corrected chi connectivity index (χ3v) is 6.68. The summed E-state index contributed by atoms with van der Waals surface area (Å²) in [4.78, 5) is 17.4. The Bertz CT molecular complexity index is 1840. The Hall–Kier alpha value is -4.80. The lowest BCUT2D eigenvalue weighted by atomic mass is 10.0. The topological polar surface area (TPSA) is 95.6 Å². The third kappa shape index (κ3) is 3.72. The lowest BCUT2D eigenvalue weighted by Crippen LogP contribution is -2.03. The average Bonchev–Trinajstić information content (AvgIpc) is 3.57. The van der Waals surface area contributed by atoms with Gasteiger partial charge in [-0.05, 0) is 29.0 Å². The number of aromatic amines is 1. The van der Waals surface area contributed by atoms with Gasteiger partial charge in [-0.25, -0.2) is 9.78 Å². The molecule has 6 aromatic rings. The Morgan fingerprint density at radius 3 is 2.71 bits per heavy atom. The minimum Gasteiger partial charge on any atom is -0.422 e. The number of fused-ring (bicyclic) bond motifs is 3. The Labute approximate surface area is 203 Å². The molecule has 7 heteroatoms. The predicted molar refractivity (Wildman–Crippen MR) is 139 cm³/mol. The molecule has 1 N–H and O–H groups in total. The number of aromatic nitrogens is 3. The van der Waals surface area contributed by atoms with E-state index in [1.54, 1.807) is 23.7 Å². The second-order valence-corrected chi connectivity index (χ2v) is 8.78. The second-order valence-electron chi connectivity index (χ2n) is 7.92. The van der Waals surface area contributed by atoms with Crippen LogP contribution in [0.4, 0.5) is 0 Å². The zero-order chi connectivity index (χ0) is 23.8. The van der Waals surface area contributed by atoms with Crippen LogP contribution in [0.5, 0.6) is 0 Å². The van der Waals surface area contributed by atoms with E-state index >= 15 is 0 Å². The summed E-state index contributed by atoms with van der Waals surface area (Å²) in [5, 5.41) is 22.2. The Morgan fingerprint density at radius 2 is 1.86 bits per heavy atom. The Morgan fingerprint density at radius 1 is 1.03 bits per heavy atom. The number of nitriles is 1. The Kier molecular flexibility index (Phi) is 5.06. The van der Waals surface area contributed by atoms with E-state index in [4.69, 9.17) is 4.42 Å². The van der Waals surface area contributed by atoms with Gasteiger partial charge in [-0.3, -0.25) is 5.10 Å². The molecule has 0 radical (unpaired) electrons. The van der Waals surface area contributed by atoms with E-state index < -0.39 is 5.63 Å². The van der Waals surface area contributed by atoms with Gasteiger partial charge >= 0.3 is 5.63 Å². The molecule has 6 rings (SSSR count). The van der Waals surface area contributed by atoms with Gasteiger partial charge in [0, 0.05) is 21.9 Å². The summed E-state index contributed by atoms with van der Waals surface area (Å²) in [7, 11) is 0. The molecular weight excluding hydrogens is 456 g/mol. The summed E-state index contributed by atoms with van der Waals surface area (Å²) in [6.07, 6.45) is 3.43. The zero-order valence-electron chi connectivity index (χ0n) is 18.2. The molecule has 0 aliphatic heterocycles. The van der Waals surface area contributed by atoms with Crippen LogP contribution in [-0.4, -0.2) is 15.2 Å². The summed E-state index contributed by atoms with van der Waals surface area (Å²) in [6, 6.07) is 25.5. The fourth-order valence-electron chi connectivity index (χ4n) is 4.11. The highest BCUT2D eigenvalue weighted by Crippen LogP contribution is 2.31. The van der Waals surface area contributed by atoms with E-state index in [2.05, 4.69) is 21.3 Å². The Balaban J connectivity index is 1.43. The molecule has 3 heterocycles. The van der Waals surface area contributed by atoms with Crippen LogP contribution in [0.15, 0.2) is 93.6 Å². The number of rotatable bonds is 4. The highest BCUT2D eigenvalue weighted by Gasteiger charge is 2.16. The van der Waals surface area contributed by atoms with E-state index in [1.807, 2.05) is 66.7 Å². The smallest absolute Gasteiger partial charge is 0.345 e. The van der Waals surface area contributed by atoms with Gasteiger partial charge in [0.2, 0.25) is 0 Å². The van der Waals surface area contributed by atoms with E-state index in [-0.39, 0.29) is 0 Å². The highest BCUT2D eigenvalue weighted by molar-refractivity contribution is 7.11. The van der Waals surface area contributed by atoms with Crippen molar-refractivity contribution < 1.29 is 4.42 Å². The number of nitrogens with one attached hydrogen (secondary N) is 1. The van der Waals surface area contributed by atoms with Crippen LogP contribution in [0.25, 0.3) is 55.9 Å². The number of benzene rings is 3. The maximum atomic E-state index is 12.8. The average molecular weight is 473 g/mol. The molecule has 0 aliphatic rings. The fraction of sp³-hybridized carbons (Fsp3) is 0. The molecule has 0 saturated heterocycles. The van der Waals surface area contributed by atoms with Crippen molar-refractivity contribution >= 4 is 44.7 Å². The van der Waals surface area contributed by atoms with Crippen molar-refractivity contribution in [2.45, 2.75) is 0 Å². The van der Waals surface area contributed by atoms with Gasteiger partial charge in [0.05, 0.1) is 28.7 Å². The van der Waals surface area contributed by atoms with Crippen LogP contribution in [-0.2, 0) is 0 Å². The first-order valence-electron chi connectivity index (χ1n) is 10.8. The minimum absolute atomic E-state index is 0.363. The van der Waals surface area contributed by atoms with Crippen LogP contribution in [0.1, 0.15) is 10.6 Å².